The first-order valence-electron chi connectivity index (χ1n) is 8.28. The molecule has 0 aliphatic heterocycles. The number of hydrogen-bond donors (Lipinski definition) is 1. The molecule has 0 amide bonds. The molecule has 1 N–H and O–H groups in total. The van der Waals surface area contributed by atoms with Gasteiger partial charge < -0.3 is 5.32 Å². The summed E-state index contributed by atoms with van der Waals surface area (Å²) in [5, 5.41) is 3.87. The van der Waals surface area contributed by atoms with Crippen LogP contribution in [0.5, 0.6) is 0 Å². The third kappa shape index (κ3) is 4.69. The molecule has 1 aromatic carbocycles. The summed E-state index contributed by atoms with van der Waals surface area (Å²) in [5.74, 6) is 1.26. The van der Waals surface area contributed by atoms with Crippen LogP contribution in [0.3, 0.4) is 0 Å². The van der Waals surface area contributed by atoms with Crippen molar-refractivity contribution in [2.75, 3.05) is 6.54 Å². The van der Waals surface area contributed by atoms with Crippen LogP contribution in [0.25, 0.3) is 0 Å². The zero-order valence-electron chi connectivity index (χ0n) is 13.2. The largest absolute Gasteiger partial charge is 0.313 e. The van der Waals surface area contributed by atoms with Crippen molar-refractivity contribution in [3.63, 3.8) is 0 Å². The summed E-state index contributed by atoms with van der Waals surface area (Å²) in [5.41, 5.74) is 0.745. The molecule has 21 heavy (non-hydrogen) atoms. The van der Waals surface area contributed by atoms with E-state index in [2.05, 4.69) is 19.2 Å². The third-order valence-corrected chi connectivity index (χ3v) is 5.05. The molecule has 1 saturated carbocycles. The van der Waals surface area contributed by atoms with Crippen molar-refractivity contribution in [1.82, 2.24) is 5.32 Å². The lowest BCUT2D eigenvalue weighted by Crippen LogP contribution is -2.40. The molecule has 0 radical (unpaired) electrons. The van der Waals surface area contributed by atoms with Crippen molar-refractivity contribution in [1.29, 1.82) is 0 Å². The van der Waals surface area contributed by atoms with Gasteiger partial charge in [-0.25, -0.2) is 4.39 Å². The fourth-order valence-electron chi connectivity index (χ4n) is 3.37. The van der Waals surface area contributed by atoms with E-state index in [1.54, 1.807) is 6.07 Å². The Hall–Kier alpha value is -0.600. The quantitative estimate of drug-likeness (QED) is 0.760. The van der Waals surface area contributed by atoms with Gasteiger partial charge in [-0.2, -0.15) is 0 Å². The molecule has 0 saturated heterocycles. The zero-order valence-corrected chi connectivity index (χ0v) is 13.9. The minimum atomic E-state index is -0.244. The van der Waals surface area contributed by atoms with E-state index in [0.717, 1.165) is 30.9 Å². The fourth-order valence-corrected chi connectivity index (χ4v) is 3.56. The Kier molecular flexibility index (Phi) is 6.50. The average Bonchev–Trinajstić information content (AvgIpc) is 2.49. The first-order valence-corrected chi connectivity index (χ1v) is 8.65. The van der Waals surface area contributed by atoms with Crippen LogP contribution < -0.4 is 5.32 Å². The van der Waals surface area contributed by atoms with Gasteiger partial charge in [-0.3, -0.25) is 0 Å². The lowest BCUT2D eigenvalue weighted by molar-refractivity contribution is 0.228. The van der Waals surface area contributed by atoms with E-state index < -0.39 is 0 Å². The van der Waals surface area contributed by atoms with Gasteiger partial charge in [0.05, 0.1) is 5.02 Å². The van der Waals surface area contributed by atoms with Crippen LogP contribution >= 0.6 is 11.6 Å². The maximum atomic E-state index is 14.2. The summed E-state index contributed by atoms with van der Waals surface area (Å²) in [4.78, 5) is 0. The Bertz CT molecular complexity index is 441. The van der Waals surface area contributed by atoms with Crippen molar-refractivity contribution in [3.8, 4) is 0 Å². The van der Waals surface area contributed by atoms with Crippen LogP contribution in [0.1, 0.15) is 51.5 Å². The van der Waals surface area contributed by atoms with Gasteiger partial charge in [0.15, 0.2) is 0 Å². The summed E-state index contributed by atoms with van der Waals surface area (Å²) in [6.07, 6.45) is 6.96. The highest BCUT2D eigenvalue weighted by Gasteiger charge is 2.26. The van der Waals surface area contributed by atoms with Gasteiger partial charge in [0.25, 0.3) is 0 Å². The lowest BCUT2D eigenvalue weighted by atomic mass is 9.77. The number of benzene rings is 1. The minimum absolute atomic E-state index is 0.235. The van der Waals surface area contributed by atoms with Crippen molar-refractivity contribution in [3.05, 3.63) is 34.6 Å². The van der Waals surface area contributed by atoms with Gasteiger partial charge in [0, 0.05) is 6.04 Å². The van der Waals surface area contributed by atoms with E-state index in [-0.39, 0.29) is 10.8 Å². The number of nitrogens with one attached hydrogen (secondary N) is 1. The van der Waals surface area contributed by atoms with Gasteiger partial charge >= 0.3 is 0 Å². The number of halogens is 2. The molecule has 2 rings (SSSR count). The maximum Gasteiger partial charge on any atom is 0.145 e. The molecule has 1 atom stereocenters. The summed E-state index contributed by atoms with van der Waals surface area (Å²) >= 11 is 5.91. The Balaban J connectivity index is 2.06. The summed E-state index contributed by atoms with van der Waals surface area (Å²) in [6, 6.07) is 5.70. The van der Waals surface area contributed by atoms with E-state index in [0.29, 0.717) is 12.0 Å². The molecule has 1 aromatic rings. The first kappa shape index (κ1) is 16.8. The van der Waals surface area contributed by atoms with Crippen molar-refractivity contribution in [2.45, 2.75) is 58.4 Å². The van der Waals surface area contributed by atoms with Gasteiger partial charge in [0.1, 0.15) is 5.82 Å². The highest BCUT2D eigenvalue weighted by atomic mass is 35.5. The highest BCUT2D eigenvalue weighted by Crippen LogP contribution is 2.32. The molecule has 1 fully saturated rings. The standard InChI is InChI=1S/C18H27ClFN/c1-3-11-21-17(14-9-7-13(2)8-10-14)12-15-5-4-6-16(19)18(15)20/h4-6,13-14,17,21H,3,7-12H2,1-2H3. The Morgan fingerprint density at radius 3 is 2.67 bits per heavy atom. The van der Waals surface area contributed by atoms with Crippen LogP contribution in [-0.4, -0.2) is 12.6 Å². The van der Waals surface area contributed by atoms with E-state index in [4.69, 9.17) is 11.6 Å². The van der Waals surface area contributed by atoms with Crippen LogP contribution in [0.4, 0.5) is 4.39 Å². The van der Waals surface area contributed by atoms with Crippen LogP contribution in [0, 0.1) is 17.7 Å². The van der Waals surface area contributed by atoms with E-state index >= 15 is 0 Å². The van der Waals surface area contributed by atoms with Crippen molar-refractivity contribution in [2.24, 2.45) is 11.8 Å². The van der Waals surface area contributed by atoms with Gasteiger partial charge in [-0.1, -0.05) is 50.4 Å². The zero-order chi connectivity index (χ0) is 15.2. The van der Waals surface area contributed by atoms with Gasteiger partial charge in [0.2, 0.25) is 0 Å². The lowest BCUT2D eigenvalue weighted by Gasteiger charge is -2.33. The summed E-state index contributed by atoms with van der Waals surface area (Å²) in [7, 11) is 0. The number of rotatable bonds is 6. The second-order valence-corrected chi connectivity index (χ2v) is 6.90. The molecule has 1 aliphatic rings. The first-order chi connectivity index (χ1) is 10.1. The van der Waals surface area contributed by atoms with E-state index in [9.17, 15) is 4.39 Å². The molecular weight excluding hydrogens is 285 g/mol. The highest BCUT2D eigenvalue weighted by molar-refractivity contribution is 6.30. The molecule has 0 bridgehead atoms. The Labute approximate surface area is 133 Å². The summed E-state index contributed by atoms with van der Waals surface area (Å²) in [6.45, 7) is 5.51. The topological polar surface area (TPSA) is 12.0 Å². The van der Waals surface area contributed by atoms with Crippen molar-refractivity contribution >= 4 is 11.6 Å². The van der Waals surface area contributed by atoms with E-state index in [1.807, 2.05) is 12.1 Å². The molecular formula is C18H27ClFN. The van der Waals surface area contributed by atoms with Crippen molar-refractivity contribution < 1.29 is 4.39 Å². The van der Waals surface area contributed by atoms with Crippen LogP contribution in [-0.2, 0) is 6.42 Å². The summed E-state index contributed by atoms with van der Waals surface area (Å²) < 4.78 is 14.2. The molecule has 1 nitrogen and oxygen atoms in total. The van der Waals surface area contributed by atoms with E-state index in [1.165, 1.54) is 25.7 Å². The molecule has 1 unspecified atom stereocenters. The third-order valence-electron chi connectivity index (χ3n) is 4.76. The normalized spacial score (nSPS) is 24.0. The SMILES string of the molecule is CCCNC(Cc1cccc(Cl)c1F)C1CCC(C)CC1. The Morgan fingerprint density at radius 1 is 1.29 bits per heavy atom. The monoisotopic (exact) mass is 311 g/mol. The number of hydrogen-bond acceptors (Lipinski definition) is 1. The van der Waals surface area contributed by atoms with Crippen LogP contribution in [0.15, 0.2) is 18.2 Å². The van der Waals surface area contributed by atoms with Crippen LogP contribution in [0.2, 0.25) is 5.02 Å². The van der Waals surface area contributed by atoms with Gasteiger partial charge in [-0.15, -0.1) is 0 Å². The molecule has 3 heteroatoms. The second-order valence-electron chi connectivity index (χ2n) is 6.50. The predicted molar refractivity (Wildman–Crippen MR) is 88.3 cm³/mol. The molecule has 0 aromatic heterocycles. The fraction of sp³-hybridized carbons (Fsp3) is 0.667. The Morgan fingerprint density at radius 2 is 2.00 bits per heavy atom. The predicted octanol–water partition coefficient (Wildman–Crippen LogP) is 5.22. The molecule has 0 heterocycles. The molecule has 1 aliphatic carbocycles. The smallest absolute Gasteiger partial charge is 0.145 e. The van der Waals surface area contributed by atoms with Gasteiger partial charge in [-0.05, 0) is 55.7 Å². The molecule has 0 spiro atoms. The second kappa shape index (κ2) is 8.14. The molecule has 118 valence electrons. The average molecular weight is 312 g/mol. The maximum absolute atomic E-state index is 14.2. The minimum Gasteiger partial charge on any atom is -0.313 e.